The second-order valence-corrected chi connectivity index (χ2v) is 8.31. The molecule has 0 fully saturated rings. The second-order valence-electron chi connectivity index (χ2n) is 4.68. The maximum atomic E-state index is 12.2. The summed E-state index contributed by atoms with van der Waals surface area (Å²) < 4.78 is 3.47. The maximum Gasteiger partial charge on any atom is 0.267 e. The van der Waals surface area contributed by atoms with Crippen LogP contribution in [0.1, 0.15) is 15.2 Å². The number of amides is 1. The van der Waals surface area contributed by atoms with E-state index in [1.165, 1.54) is 11.3 Å². The predicted molar refractivity (Wildman–Crippen MR) is 100 cm³/mol. The third kappa shape index (κ3) is 4.03. The van der Waals surface area contributed by atoms with Crippen molar-refractivity contribution in [1.29, 1.82) is 0 Å². The number of carbonyl (C=O) groups excluding carboxylic acids is 1. The van der Waals surface area contributed by atoms with Crippen LogP contribution in [0.15, 0.2) is 50.9 Å². The van der Waals surface area contributed by atoms with Crippen LogP contribution in [0, 0.1) is 0 Å². The molecule has 1 aromatic carbocycles. The Hall–Kier alpha value is -1.15. The van der Waals surface area contributed by atoms with Crippen molar-refractivity contribution in [3.8, 4) is 0 Å². The van der Waals surface area contributed by atoms with Gasteiger partial charge in [-0.25, -0.2) is 0 Å². The molecular weight excluding hydrogens is 466 g/mol. The van der Waals surface area contributed by atoms with Crippen LogP contribution in [0.25, 0.3) is 0 Å². The van der Waals surface area contributed by atoms with Gasteiger partial charge in [0.05, 0.1) is 15.2 Å². The molecule has 0 saturated heterocycles. The Balaban J connectivity index is 1.70. The zero-order valence-corrected chi connectivity index (χ0v) is 16.3. The first kappa shape index (κ1) is 16.7. The van der Waals surface area contributed by atoms with Gasteiger partial charge in [-0.2, -0.15) is 5.10 Å². The summed E-state index contributed by atoms with van der Waals surface area (Å²) in [6.45, 7) is 0.547. The largest absolute Gasteiger partial charge is 0.304 e. The number of nitrogens with one attached hydrogen (secondary N) is 1. The van der Waals surface area contributed by atoms with Crippen molar-refractivity contribution in [2.24, 2.45) is 0 Å². The number of carbonyl (C=O) groups is 1. The Morgan fingerprint density at radius 2 is 2.09 bits per heavy atom. The maximum absolute atomic E-state index is 12.2. The number of rotatable bonds is 4. The first-order valence-corrected chi connectivity index (χ1v) is 9.34. The van der Waals surface area contributed by atoms with Crippen LogP contribution in [0.5, 0.6) is 0 Å². The third-order valence-corrected chi connectivity index (χ3v) is 6.67. The first-order chi connectivity index (χ1) is 11.0. The van der Waals surface area contributed by atoms with E-state index < -0.39 is 0 Å². The molecule has 0 spiro atoms. The molecule has 1 amide bonds. The molecule has 23 heavy (non-hydrogen) atoms. The lowest BCUT2D eigenvalue weighted by molar-refractivity contribution is 0.103. The fourth-order valence-corrected chi connectivity index (χ4v) is 4.08. The molecule has 0 bridgehead atoms. The average molecular weight is 476 g/mol. The Labute approximate surface area is 158 Å². The fraction of sp³-hybridized carbons (Fsp3) is 0.0667. The van der Waals surface area contributed by atoms with Gasteiger partial charge in [0.25, 0.3) is 5.91 Å². The minimum atomic E-state index is -0.190. The highest BCUT2D eigenvalue weighted by molar-refractivity contribution is 9.13. The van der Waals surface area contributed by atoms with Gasteiger partial charge in [-0.1, -0.05) is 29.8 Å². The molecule has 118 valence electrons. The summed E-state index contributed by atoms with van der Waals surface area (Å²) in [5.74, 6) is 0.312. The number of benzene rings is 1. The Morgan fingerprint density at radius 1 is 1.30 bits per heavy atom. The van der Waals surface area contributed by atoms with Crippen LogP contribution < -0.4 is 5.32 Å². The molecule has 0 aliphatic rings. The highest BCUT2D eigenvalue weighted by atomic mass is 79.9. The van der Waals surface area contributed by atoms with Crippen molar-refractivity contribution < 1.29 is 4.79 Å². The van der Waals surface area contributed by atoms with Crippen molar-refractivity contribution in [3.63, 3.8) is 0 Å². The van der Waals surface area contributed by atoms with Crippen molar-refractivity contribution in [3.05, 3.63) is 66.3 Å². The summed E-state index contributed by atoms with van der Waals surface area (Å²) in [6.07, 6.45) is 1.80. The Bertz CT molecular complexity index is 843. The highest BCUT2D eigenvalue weighted by Gasteiger charge is 2.13. The molecule has 8 heteroatoms. The summed E-state index contributed by atoms with van der Waals surface area (Å²) in [5, 5.41) is 7.83. The number of anilines is 1. The van der Waals surface area contributed by atoms with Gasteiger partial charge < -0.3 is 5.32 Å². The summed E-state index contributed by atoms with van der Waals surface area (Å²) >= 11 is 14.2. The summed E-state index contributed by atoms with van der Waals surface area (Å²) in [4.78, 5) is 12.8. The number of halogens is 3. The molecule has 2 aromatic heterocycles. The van der Waals surface area contributed by atoms with Crippen molar-refractivity contribution in [1.82, 2.24) is 9.78 Å². The van der Waals surface area contributed by atoms with Gasteiger partial charge in [0, 0.05) is 21.8 Å². The summed E-state index contributed by atoms with van der Waals surface area (Å²) in [7, 11) is 0. The molecule has 0 aliphatic carbocycles. The van der Waals surface area contributed by atoms with Gasteiger partial charge >= 0.3 is 0 Å². The Morgan fingerprint density at radius 3 is 2.78 bits per heavy atom. The SMILES string of the molecule is O=C(Nc1ccn(Cc2ccccc2Cl)n1)c1cc(Br)c(Br)s1. The molecule has 1 N–H and O–H groups in total. The zero-order chi connectivity index (χ0) is 16.4. The summed E-state index contributed by atoms with van der Waals surface area (Å²) in [5.41, 5.74) is 0.973. The van der Waals surface area contributed by atoms with Crippen LogP contribution in [0.2, 0.25) is 5.02 Å². The van der Waals surface area contributed by atoms with E-state index in [0.29, 0.717) is 22.3 Å². The van der Waals surface area contributed by atoms with Crippen LogP contribution in [0.4, 0.5) is 5.82 Å². The lowest BCUT2D eigenvalue weighted by Crippen LogP contribution is -2.11. The molecule has 0 atom stereocenters. The smallest absolute Gasteiger partial charge is 0.267 e. The van der Waals surface area contributed by atoms with Gasteiger partial charge in [-0.05, 0) is 49.6 Å². The molecule has 3 aromatic rings. The normalized spacial score (nSPS) is 10.7. The Kier molecular flexibility index (Phi) is 5.21. The van der Waals surface area contributed by atoms with E-state index in [2.05, 4.69) is 42.3 Å². The van der Waals surface area contributed by atoms with E-state index in [9.17, 15) is 4.79 Å². The van der Waals surface area contributed by atoms with Crippen molar-refractivity contribution >= 4 is 66.5 Å². The topological polar surface area (TPSA) is 46.9 Å². The fourth-order valence-electron chi connectivity index (χ4n) is 1.95. The van der Waals surface area contributed by atoms with Gasteiger partial charge in [0.1, 0.15) is 0 Å². The number of hydrogen-bond acceptors (Lipinski definition) is 3. The third-order valence-electron chi connectivity index (χ3n) is 3.04. The molecule has 2 heterocycles. The van der Waals surface area contributed by atoms with Crippen LogP contribution >= 0.6 is 54.8 Å². The van der Waals surface area contributed by atoms with E-state index >= 15 is 0 Å². The van der Waals surface area contributed by atoms with E-state index in [0.717, 1.165) is 13.8 Å². The second kappa shape index (κ2) is 7.17. The van der Waals surface area contributed by atoms with Crippen LogP contribution in [-0.4, -0.2) is 15.7 Å². The lowest BCUT2D eigenvalue weighted by atomic mass is 10.2. The lowest BCUT2D eigenvalue weighted by Gasteiger charge is -2.04. The number of nitrogens with zero attached hydrogens (tertiary/aromatic N) is 2. The molecule has 3 rings (SSSR count). The van der Waals surface area contributed by atoms with Gasteiger partial charge in [-0.15, -0.1) is 11.3 Å². The van der Waals surface area contributed by atoms with Gasteiger partial charge in [-0.3, -0.25) is 9.48 Å². The minimum Gasteiger partial charge on any atom is -0.304 e. The van der Waals surface area contributed by atoms with E-state index in [-0.39, 0.29) is 5.91 Å². The zero-order valence-electron chi connectivity index (χ0n) is 11.6. The molecule has 0 radical (unpaired) electrons. The average Bonchev–Trinajstić information content (AvgIpc) is 3.09. The van der Waals surface area contributed by atoms with E-state index in [1.807, 2.05) is 24.3 Å². The molecule has 0 unspecified atom stereocenters. The number of aromatic nitrogens is 2. The monoisotopic (exact) mass is 473 g/mol. The standard InChI is InChI=1S/C15H10Br2ClN3OS/c16-10-7-12(23-14(10)17)15(22)19-13-5-6-21(20-13)8-9-3-1-2-4-11(9)18/h1-7H,8H2,(H,19,20,22). The highest BCUT2D eigenvalue weighted by Crippen LogP contribution is 2.32. The molecular formula is C15H10Br2ClN3OS. The summed E-state index contributed by atoms with van der Waals surface area (Å²) in [6, 6.07) is 11.1. The molecule has 0 saturated carbocycles. The minimum absolute atomic E-state index is 0.190. The van der Waals surface area contributed by atoms with Crippen molar-refractivity contribution in [2.75, 3.05) is 5.32 Å². The molecule has 0 aliphatic heterocycles. The predicted octanol–water partition coefficient (Wildman–Crippen LogP) is 5.42. The molecule has 4 nitrogen and oxygen atoms in total. The van der Waals surface area contributed by atoms with Crippen molar-refractivity contribution in [2.45, 2.75) is 6.54 Å². The van der Waals surface area contributed by atoms with Gasteiger partial charge in [0.15, 0.2) is 5.82 Å². The first-order valence-electron chi connectivity index (χ1n) is 6.56. The van der Waals surface area contributed by atoms with Crippen LogP contribution in [-0.2, 0) is 6.54 Å². The van der Waals surface area contributed by atoms with E-state index in [4.69, 9.17) is 11.6 Å². The van der Waals surface area contributed by atoms with E-state index in [1.54, 1.807) is 23.0 Å². The van der Waals surface area contributed by atoms with Crippen LogP contribution in [0.3, 0.4) is 0 Å². The number of hydrogen-bond donors (Lipinski definition) is 1. The van der Waals surface area contributed by atoms with Gasteiger partial charge in [0.2, 0.25) is 0 Å². The number of thiophene rings is 1. The quantitative estimate of drug-likeness (QED) is 0.548.